The molecule has 1 heterocycles. The van der Waals surface area contributed by atoms with Crippen LogP contribution in [0.3, 0.4) is 0 Å². The molecule has 1 aliphatic carbocycles. The second-order valence-electron chi connectivity index (χ2n) is 7.30. The van der Waals surface area contributed by atoms with Gasteiger partial charge in [-0.05, 0) is 38.3 Å². The smallest absolute Gasteiger partial charge is 0.220 e. The van der Waals surface area contributed by atoms with Gasteiger partial charge in [-0.25, -0.2) is 0 Å². The summed E-state index contributed by atoms with van der Waals surface area (Å²) in [6, 6.07) is 10.5. The summed E-state index contributed by atoms with van der Waals surface area (Å²) in [6.07, 6.45) is 5.87. The molecule has 2 N–H and O–H groups in total. The maximum Gasteiger partial charge on any atom is 0.220 e. The number of hydrogen-bond donors (Lipinski definition) is 2. The number of carbonyl (C=O) groups is 1. The van der Waals surface area contributed by atoms with Crippen molar-refractivity contribution in [3.05, 3.63) is 30.3 Å². The summed E-state index contributed by atoms with van der Waals surface area (Å²) in [5, 5.41) is 6.41. The Labute approximate surface area is 162 Å². The van der Waals surface area contributed by atoms with Gasteiger partial charge in [0.15, 0.2) is 5.96 Å². The number of piperidine rings is 1. The fourth-order valence-corrected chi connectivity index (χ4v) is 3.25. The summed E-state index contributed by atoms with van der Waals surface area (Å²) in [7, 11) is 0. The molecule has 0 aromatic heterocycles. The van der Waals surface area contributed by atoms with Gasteiger partial charge in [-0.1, -0.05) is 18.2 Å². The zero-order chi connectivity index (χ0) is 18.9. The molecule has 2 fully saturated rings. The average molecular weight is 373 g/mol. The molecule has 27 heavy (non-hydrogen) atoms. The first-order chi connectivity index (χ1) is 13.2. The van der Waals surface area contributed by atoms with Crippen LogP contribution in [0, 0.1) is 0 Å². The number of nitrogens with zero attached hydrogens (tertiary/aromatic N) is 2. The third-order valence-electron chi connectivity index (χ3n) is 4.89. The molecule has 0 spiro atoms. The van der Waals surface area contributed by atoms with Crippen molar-refractivity contribution in [1.82, 2.24) is 15.5 Å². The van der Waals surface area contributed by atoms with E-state index in [1.54, 1.807) is 0 Å². The van der Waals surface area contributed by atoms with E-state index in [0.717, 1.165) is 63.4 Å². The standard InChI is InChI=1S/C21H32N4O2/c1-2-22-21(23-14-6-9-20(26)24-17-10-11-17)25-15-12-19(13-16-25)27-18-7-4-3-5-8-18/h3-5,7-8,17,19H,2,6,9-16H2,1H3,(H,22,23)(H,24,26). The molecular weight excluding hydrogens is 340 g/mol. The first-order valence-electron chi connectivity index (χ1n) is 10.3. The van der Waals surface area contributed by atoms with E-state index < -0.39 is 0 Å². The monoisotopic (exact) mass is 372 g/mol. The quantitative estimate of drug-likeness (QED) is 0.418. The van der Waals surface area contributed by atoms with Crippen LogP contribution in [-0.4, -0.2) is 55.1 Å². The molecule has 0 unspecified atom stereocenters. The lowest BCUT2D eigenvalue weighted by Crippen LogP contribution is -2.47. The van der Waals surface area contributed by atoms with Crippen LogP contribution >= 0.6 is 0 Å². The first kappa shape index (κ1) is 19.5. The fraction of sp³-hybridized carbons (Fsp3) is 0.619. The lowest BCUT2D eigenvalue weighted by atomic mass is 10.1. The number of guanidine groups is 1. The molecule has 1 aliphatic heterocycles. The largest absolute Gasteiger partial charge is 0.490 e. The maximum atomic E-state index is 11.8. The van der Waals surface area contributed by atoms with Crippen molar-refractivity contribution < 1.29 is 9.53 Å². The molecular formula is C21H32N4O2. The van der Waals surface area contributed by atoms with Crippen molar-refractivity contribution in [1.29, 1.82) is 0 Å². The van der Waals surface area contributed by atoms with Crippen molar-refractivity contribution in [3.63, 3.8) is 0 Å². The molecule has 1 amide bonds. The molecule has 0 radical (unpaired) electrons. The van der Waals surface area contributed by atoms with Gasteiger partial charge in [-0.2, -0.15) is 0 Å². The Kier molecular flexibility index (Phi) is 7.36. The van der Waals surface area contributed by atoms with Gasteiger partial charge in [-0.3, -0.25) is 9.79 Å². The van der Waals surface area contributed by atoms with Crippen LogP contribution in [0.5, 0.6) is 5.75 Å². The van der Waals surface area contributed by atoms with E-state index in [0.29, 0.717) is 19.0 Å². The van der Waals surface area contributed by atoms with Crippen LogP contribution in [0.25, 0.3) is 0 Å². The minimum Gasteiger partial charge on any atom is -0.490 e. The normalized spacial score (nSPS) is 18.3. The molecule has 0 atom stereocenters. The fourth-order valence-electron chi connectivity index (χ4n) is 3.25. The number of para-hydroxylation sites is 1. The molecule has 1 saturated heterocycles. The van der Waals surface area contributed by atoms with E-state index in [-0.39, 0.29) is 12.0 Å². The summed E-state index contributed by atoms with van der Waals surface area (Å²) >= 11 is 0. The summed E-state index contributed by atoms with van der Waals surface area (Å²) in [4.78, 5) is 18.8. The topological polar surface area (TPSA) is 66.0 Å². The Morgan fingerprint density at radius 2 is 1.93 bits per heavy atom. The summed E-state index contributed by atoms with van der Waals surface area (Å²) in [5.74, 6) is 2.07. The van der Waals surface area contributed by atoms with Crippen molar-refractivity contribution in [2.75, 3.05) is 26.2 Å². The van der Waals surface area contributed by atoms with E-state index >= 15 is 0 Å². The molecule has 6 nitrogen and oxygen atoms in total. The molecule has 6 heteroatoms. The molecule has 148 valence electrons. The highest BCUT2D eigenvalue weighted by Crippen LogP contribution is 2.19. The van der Waals surface area contributed by atoms with Crippen LogP contribution in [0.1, 0.15) is 45.4 Å². The van der Waals surface area contributed by atoms with Crippen molar-refractivity contribution in [2.24, 2.45) is 4.99 Å². The predicted molar refractivity (Wildman–Crippen MR) is 108 cm³/mol. The lowest BCUT2D eigenvalue weighted by molar-refractivity contribution is -0.121. The number of amides is 1. The number of aliphatic imine (C=N–C) groups is 1. The summed E-state index contributed by atoms with van der Waals surface area (Å²) < 4.78 is 6.07. The highest BCUT2D eigenvalue weighted by Gasteiger charge is 2.23. The Hall–Kier alpha value is -2.24. The van der Waals surface area contributed by atoms with Gasteiger partial charge in [-0.15, -0.1) is 0 Å². The van der Waals surface area contributed by atoms with Crippen LogP contribution in [0.4, 0.5) is 0 Å². The van der Waals surface area contributed by atoms with E-state index in [4.69, 9.17) is 9.73 Å². The minimum absolute atomic E-state index is 0.163. The van der Waals surface area contributed by atoms with Gasteiger partial charge in [0.25, 0.3) is 0 Å². The number of likely N-dealkylation sites (tertiary alicyclic amines) is 1. The molecule has 2 aliphatic rings. The number of ether oxygens (including phenoxy) is 1. The number of rotatable bonds is 8. The lowest BCUT2D eigenvalue weighted by Gasteiger charge is -2.34. The third-order valence-corrected chi connectivity index (χ3v) is 4.89. The van der Waals surface area contributed by atoms with Gasteiger partial charge < -0.3 is 20.3 Å². The molecule has 0 bridgehead atoms. The van der Waals surface area contributed by atoms with Crippen LogP contribution in [-0.2, 0) is 4.79 Å². The highest BCUT2D eigenvalue weighted by molar-refractivity contribution is 5.80. The van der Waals surface area contributed by atoms with Gasteiger partial charge >= 0.3 is 0 Å². The zero-order valence-electron chi connectivity index (χ0n) is 16.3. The Morgan fingerprint density at radius 1 is 1.19 bits per heavy atom. The second-order valence-corrected chi connectivity index (χ2v) is 7.30. The van der Waals surface area contributed by atoms with Crippen LogP contribution in [0.15, 0.2) is 35.3 Å². The summed E-state index contributed by atoms with van der Waals surface area (Å²) in [6.45, 7) is 5.49. The maximum absolute atomic E-state index is 11.8. The second kappa shape index (κ2) is 10.2. The molecule has 3 rings (SSSR count). The highest BCUT2D eigenvalue weighted by atomic mass is 16.5. The minimum atomic E-state index is 0.163. The number of benzene rings is 1. The Morgan fingerprint density at radius 3 is 2.59 bits per heavy atom. The number of hydrogen-bond acceptors (Lipinski definition) is 3. The third kappa shape index (κ3) is 6.77. The predicted octanol–water partition coefficient (Wildman–Crippen LogP) is 2.55. The molecule has 1 aromatic rings. The van der Waals surface area contributed by atoms with Gasteiger partial charge in [0.2, 0.25) is 5.91 Å². The SMILES string of the molecule is CCNC(=NCCCC(=O)NC1CC1)N1CCC(Oc2ccccc2)CC1. The summed E-state index contributed by atoms with van der Waals surface area (Å²) in [5.41, 5.74) is 0. The molecule has 1 saturated carbocycles. The average Bonchev–Trinajstić information content (AvgIpc) is 3.50. The van der Waals surface area contributed by atoms with Crippen LogP contribution in [0.2, 0.25) is 0 Å². The Bertz CT molecular complexity index is 608. The van der Waals surface area contributed by atoms with Crippen LogP contribution < -0.4 is 15.4 Å². The molecule has 1 aromatic carbocycles. The number of nitrogens with one attached hydrogen (secondary N) is 2. The first-order valence-corrected chi connectivity index (χ1v) is 10.3. The number of carbonyl (C=O) groups excluding carboxylic acids is 1. The van der Waals surface area contributed by atoms with E-state index in [1.165, 1.54) is 0 Å². The van der Waals surface area contributed by atoms with Gasteiger partial charge in [0.05, 0.1) is 0 Å². The van der Waals surface area contributed by atoms with Crippen molar-refractivity contribution >= 4 is 11.9 Å². The van der Waals surface area contributed by atoms with E-state index in [9.17, 15) is 4.79 Å². The van der Waals surface area contributed by atoms with E-state index in [1.807, 2.05) is 30.3 Å². The van der Waals surface area contributed by atoms with Crippen molar-refractivity contribution in [2.45, 2.75) is 57.6 Å². The zero-order valence-corrected chi connectivity index (χ0v) is 16.3. The Balaban J connectivity index is 1.40. The van der Waals surface area contributed by atoms with Gasteiger partial charge in [0.1, 0.15) is 11.9 Å². The van der Waals surface area contributed by atoms with Gasteiger partial charge in [0, 0.05) is 51.5 Å². The van der Waals surface area contributed by atoms with E-state index in [2.05, 4.69) is 22.5 Å². The van der Waals surface area contributed by atoms with Crippen molar-refractivity contribution in [3.8, 4) is 5.75 Å².